The van der Waals surface area contributed by atoms with Gasteiger partial charge in [-0.15, -0.1) is 33.3 Å². The smallest absolute Gasteiger partial charge is 0.114 e. The molecule has 0 aliphatic rings. The average molecular weight is 603 g/mol. The number of ether oxygens (including phenoxy) is 1. The number of hydrogen-bond acceptors (Lipinski definition) is 8. The second-order valence-corrected chi connectivity index (χ2v) is 7.76. The van der Waals surface area contributed by atoms with Crippen LogP contribution in [0.3, 0.4) is 0 Å². The molecule has 0 radical (unpaired) electrons. The molecule has 1 heterocycles. The molecule has 0 saturated heterocycles. The minimum Gasteiger partial charge on any atom is -0.499 e. The van der Waals surface area contributed by atoms with E-state index in [-0.39, 0.29) is 7.43 Å². The van der Waals surface area contributed by atoms with Gasteiger partial charge >= 0.3 is 0 Å². The highest BCUT2D eigenvalue weighted by molar-refractivity contribution is 9.09. The van der Waals surface area contributed by atoms with Crippen LogP contribution in [0.25, 0.3) is 0 Å². The Bertz CT molecular complexity index is 432. The zero-order valence-electron chi connectivity index (χ0n) is 17.7. The minimum absolute atomic E-state index is 0. The summed E-state index contributed by atoms with van der Waals surface area (Å²) >= 11 is 18.2. The third-order valence-electron chi connectivity index (χ3n) is 1.51. The number of nitrogens with zero attached hydrogens (tertiary/aromatic N) is 2. The molecule has 0 saturated carbocycles. The van der Waals surface area contributed by atoms with Crippen molar-refractivity contribution in [2.75, 3.05) is 24.5 Å². The quantitative estimate of drug-likeness (QED) is 0.125. The molecule has 1 aromatic heterocycles. The number of aromatic nitrogens is 2. The summed E-state index contributed by atoms with van der Waals surface area (Å²) in [6, 6.07) is 0. The number of nitrogens with two attached hydrogens (primary N) is 1. The van der Waals surface area contributed by atoms with Gasteiger partial charge in [-0.25, -0.2) is 0 Å². The van der Waals surface area contributed by atoms with E-state index in [9.17, 15) is 0 Å². The standard InChI is InChI=1S/C5H10O.C4H6N2S.C3H6S2.C2H6N2S.2CH3Br.CH4/c1-4-6-5(2)3;1-3-5-6-4(2)7-3;1-3(4)5-2;1-2(5)4-3;2*1-2;/h2,4H2,1,3H3;1-2H3;1-2H3;3H2,1H3,(H,4,5);2*1H3;1H4. The van der Waals surface area contributed by atoms with Gasteiger partial charge < -0.3 is 10.2 Å². The van der Waals surface area contributed by atoms with E-state index in [1.807, 2.05) is 52.5 Å². The number of halogens is 2. The third kappa shape index (κ3) is 63.3. The van der Waals surface area contributed by atoms with Gasteiger partial charge in [-0.05, 0) is 59.5 Å². The molecule has 3 N–H and O–H groups in total. The fourth-order valence-electron chi connectivity index (χ4n) is 0.642. The number of thiocarbonyl (C=S) groups is 2. The molecule has 11 heteroatoms. The van der Waals surface area contributed by atoms with Gasteiger partial charge in [0.1, 0.15) is 10.0 Å². The molecule has 1 rings (SSSR count). The van der Waals surface area contributed by atoms with Gasteiger partial charge in [0, 0.05) is 4.20 Å². The minimum atomic E-state index is 0. The van der Waals surface area contributed by atoms with Gasteiger partial charge in [0.15, 0.2) is 0 Å². The first-order chi connectivity index (χ1) is 12.6. The number of alkyl halides is 2. The third-order valence-corrected chi connectivity index (χ3v) is 3.46. The molecular weight excluding hydrogens is 564 g/mol. The zero-order valence-corrected chi connectivity index (χ0v) is 24.1. The molecule has 0 unspecified atom stereocenters. The average Bonchev–Trinajstić information content (AvgIpc) is 3.02. The van der Waals surface area contributed by atoms with Crippen LogP contribution in [0.15, 0.2) is 12.3 Å². The summed E-state index contributed by atoms with van der Waals surface area (Å²) in [7, 11) is 0. The fourth-order valence-corrected chi connectivity index (χ4v) is 1.23. The monoisotopic (exact) mass is 600 g/mol. The van der Waals surface area contributed by atoms with Crippen LogP contribution in [0.2, 0.25) is 0 Å². The first kappa shape index (κ1) is 42.5. The molecule has 0 aliphatic carbocycles. The predicted molar refractivity (Wildman–Crippen MR) is 150 cm³/mol. The molecule has 170 valence electrons. The second-order valence-electron chi connectivity index (χ2n) is 3.87. The SMILES string of the molecule is C.C=C(C)OCC.CBr.CBr.CC(=S)NN.CSC(C)=S.Cc1nnc(C)s1. The Kier molecular flexibility index (Phi) is 57.6. The molecule has 5 nitrogen and oxygen atoms in total. The lowest BCUT2D eigenvalue weighted by molar-refractivity contribution is 0.233. The van der Waals surface area contributed by atoms with Crippen molar-refractivity contribution in [2.45, 2.75) is 49.0 Å². The number of hydrogen-bond donors (Lipinski definition) is 2. The lowest BCUT2D eigenvalue weighted by Crippen LogP contribution is -2.25. The van der Waals surface area contributed by atoms with Crippen LogP contribution >= 0.6 is 79.4 Å². The first-order valence-electron chi connectivity index (χ1n) is 7.42. The Hall–Kier alpha value is 0.350. The highest BCUT2D eigenvalue weighted by Gasteiger charge is 1.88. The highest BCUT2D eigenvalue weighted by Crippen LogP contribution is 2.03. The number of rotatable bonds is 2. The Balaban J connectivity index is -0.0000000542. The summed E-state index contributed by atoms with van der Waals surface area (Å²) in [4.78, 5) is 0.616. The van der Waals surface area contributed by atoms with E-state index in [0.717, 1.165) is 26.6 Å². The highest BCUT2D eigenvalue weighted by atomic mass is 79.9. The Morgan fingerprint density at radius 1 is 1.14 bits per heavy atom. The first-order valence-corrected chi connectivity index (χ1v) is 13.5. The summed E-state index contributed by atoms with van der Waals surface area (Å²) in [5.41, 5.74) is 2.26. The van der Waals surface area contributed by atoms with Crippen LogP contribution in [0.4, 0.5) is 0 Å². The van der Waals surface area contributed by atoms with Crippen molar-refractivity contribution in [2.24, 2.45) is 5.84 Å². The Morgan fingerprint density at radius 3 is 1.46 bits per heavy atom. The van der Waals surface area contributed by atoms with Gasteiger partial charge in [0.05, 0.1) is 17.4 Å². The van der Waals surface area contributed by atoms with E-state index in [0.29, 0.717) is 4.99 Å². The van der Waals surface area contributed by atoms with E-state index in [2.05, 4.69) is 78.5 Å². The van der Waals surface area contributed by atoms with Gasteiger partial charge in [0.25, 0.3) is 0 Å². The van der Waals surface area contributed by atoms with Crippen LogP contribution in [0.1, 0.15) is 45.1 Å². The lowest BCUT2D eigenvalue weighted by atomic mass is 10.6. The maximum Gasteiger partial charge on any atom is 0.114 e. The fraction of sp³-hybridized carbons (Fsp3) is 0.647. The van der Waals surface area contributed by atoms with Crippen LogP contribution in [0, 0.1) is 13.8 Å². The second kappa shape index (κ2) is 38.0. The van der Waals surface area contributed by atoms with Crippen molar-refractivity contribution in [1.29, 1.82) is 0 Å². The van der Waals surface area contributed by atoms with Crippen molar-refractivity contribution < 1.29 is 4.74 Å². The van der Waals surface area contributed by atoms with Crippen molar-refractivity contribution in [3.8, 4) is 0 Å². The normalized spacial score (nSPS) is 7.00. The van der Waals surface area contributed by atoms with Crippen molar-refractivity contribution in [1.82, 2.24) is 15.6 Å². The van der Waals surface area contributed by atoms with Gasteiger partial charge in [-0.2, -0.15) is 0 Å². The van der Waals surface area contributed by atoms with E-state index < -0.39 is 0 Å². The summed E-state index contributed by atoms with van der Waals surface area (Å²) < 4.78 is 5.85. The summed E-state index contributed by atoms with van der Waals surface area (Å²) in [5.74, 6) is 9.19. The van der Waals surface area contributed by atoms with Crippen LogP contribution < -0.4 is 11.3 Å². The van der Waals surface area contributed by atoms with Crippen molar-refractivity contribution in [3.63, 3.8) is 0 Å². The topological polar surface area (TPSA) is 73.1 Å². The zero-order chi connectivity index (χ0) is 22.8. The Morgan fingerprint density at radius 2 is 1.43 bits per heavy atom. The maximum atomic E-state index is 4.85. The summed E-state index contributed by atoms with van der Waals surface area (Å²) in [6.45, 7) is 15.6. The molecule has 0 aromatic carbocycles. The van der Waals surface area contributed by atoms with Crippen LogP contribution in [-0.4, -0.2) is 43.9 Å². The largest absolute Gasteiger partial charge is 0.499 e. The van der Waals surface area contributed by atoms with E-state index >= 15 is 0 Å². The number of nitrogens with one attached hydrogen (secondary N) is 1. The lowest BCUT2D eigenvalue weighted by Gasteiger charge is -1.95. The van der Waals surface area contributed by atoms with Crippen LogP contribution in [-0.2, 0) is 4.74 Å². The Labute approximate surface area is 209 Å². The number of thioether (sulfide) groups is 1. The molecule has 0 fully saturated rings. The van der Waals surface area contributed by atoms with Crippen molar-refractivity contribution >= 4 is 88.6 Å². The number of aryl methyl sites for hydroxylation is 2. The molecule has 0 aliphatic heterocycles. The molecule has 0 spiro atoms. The van der Waals surface area contributed by atoms with Gasteiger partial charge in [-0.3, -0.25) is 5.84 Å². The molecule has 0 bridgehead atoms. The molecule has 0 amide bonds. The molecular formula is C17H38Br2N4OS4. The van der Waals surface area contributed by atoms with Crippen molar-refractivity contribution in [3.05, 3.63) is 22.4 Å². The van der Waals surface area contributed by atoms with E-state index in [1.165, 1.54) is 0 Å². The van der Waals surface area contributed by atoms with Gasteiger partial charge in [-0.1, -0.05) is 70.3 Å². The molecule has 1 aromatic rings. The van der Waals surface area contributed by atoms with Gasteiger partial charge in [0.2, 0.25) is 0 Å². The summed E-state index contributed by atoms with van der Waals surface area (Å²) in [6.07, 6.45) is 1.97. The molecule has 28 heavy (non-hydrogen) atoms. The van der Waals surface area contributed by atoms with E-state index in [4.69, 9.17) is 10.6 Å². The van der Waals surface area contributed by atoms with Crippen LogP contribution in [0.5, 0.6) is 0 Å². The predicted octanol–water partition coefficient (Wildman–Crippen LogP) is 6.86. The number of hydrazine groups is 1. The van der Waals surface area contributed by atoms with E-state index in [1.54, 1.807) is 30.0 Å². The number of allylic oxidation sites excluding steroid dienone is 1. The maximum absolute atomic E-state index is 4.85. The summed E-state index contributed by atoms with van der Waals surface area (Å²) in [5, 5.41) is 9.65. The molecule has 0 atom stereocenters.